The van der Waals surface area contributed by atoms with Gasteiger partial charge in [0, 0.05) is 31.9 Å². The molecule has 0 amide bonds. The van der Waals surface area contributed by atoms with Gasteiger partial charge in [0.2, 0.25) is 0 Å². The molecule has 1 aromatic carbocycles. The first-order chi connectivity index (χ1) is 12.4. The molecule has 1 unspecified atom stereocenters. The summed E-state index contributed by atoms with van der Waals surface area (Å²) < 4.78 is 12.7. The van der Waals surface area contributed by atoms with Crippen molar-refractivity contribution in [3.8, 4) is 11.5 Å². The Labute approximate surface area is 153 Å². The van der Waals surface area contributed by atoms with Crippen LogP contribution in [0.4, 0.5) is 0 Å². The van der Waals surface area contributed by atoms with Crippen LogP contribution in [-0.4, -0.2) is 46.5 Å². The summed E-state index contributed by atoms with van der Waals surface area (Å²) in [6.07, 6.45) is 0.867. The van der Waals surface area contributed by atoms with E-state index in [1.165, 1.54) is 0 Å². The lowest BCUT2D eigenvalue weighted by molar-refractivity contribution is -0.138. The van der Waals surface area contributed by atoms with Crippen molar-refractivity contribution in [2.24, 2.45) is 7.05 Å². The average molecular weight is 359 g/mol. The molecule has 0 spiro atoms. The fourth-order valence-corrected chi connectivity index (χ4v) is 3.59. The number of hydrogen-bond acceptors (Lipinski definition) is 5. The molecule has 1 aliphatic rings. The molecule has 3 rings (SSSR count). The van der Waals surface area contributed by atoms with Crippen LogP contribution < -0.4 is 9.47 Å². The topological polar surface area (TPSA) is 76.8 Å². The van der Waals surface area contributed by atoms with Crippen LogP contribution in [-0.2, 0) is 24.8 Å². The number of carbonyl (C=O) groups is 1. The first kappa shape index (κ1) is 18.3. The van der Waals surface area contributed by atoms with E-state index < -0.39 is 5.97 Å². The second-order valence-electron chi connectivity index (χ2n) is 6.64. The van der Waals surface area contributed by atoms with Crippen LogP contribution in [0.2, 0.25) is 0 Å². The summed E-state index contributed by atoms with van der Waals surface area (Å²) >= 11 is 0. The van der Waals surface area contributed by atoms with E-state index in [0.717, 1.165) is 35.5 Å². The third kappa shape index (κ3) is 3.53. The van der Waals surface area contributed by atoms with Gasteiger partial charge < -0.3 is 14.6 Å². The molecule has 1 aliphatic heterocycles. The minimum atomic E-state index is -0.820. The lowest BCUT2D eigenvalue weighted by Gasteiger charge is -2.36. The van der Waals surface area contributed by atoms with Crippen LogP contribution in [0.25, 0.3) is 0 Å². The fraction of sp³-hybridized carbons (Fsp3) is 0.474. The van der Waals surface area contributed by atoms with E-state index in [2.05, 4.69) is 10.00 Å². The SMILES string of the molecule is COc1cc2c(cc1OC)C(CC(=O)O)N(Cc1cc(C)n(C)n1)CC2. The normalized spacial score (nSPS) is 17.0. The molecule has 2 aromatic rings. The first-order valence-electron chi connectivity index (χ1n) is 8.63. The number of carboxylic acids is 1. The summed E-state index contributed by atoms with van der Waals surface area (Å²) in [5.41, 5.74) is 4.13. The molecule has 7 nitrogen and oxygen atoms in total. The summed E-state index contributed by atoms with van der Waals surface area (Å²) in [6, 6.07) is 5.70. The molecular weight excluding hydrogens is 334 g/mol. The van der Waals surface area contributed by atoms with E-state index in [9.17, 15) is 9.90 Å². The van der Waals surface area contributed by atoms with E-state index in [4.69, 9.17) is 9.47 Å². The Morgan fingerprint density at radius 3 is 2.54 bits per heavy atom. The number of aryl methyl sites for hydroxylation is 2. The van der Waals surface area contributed by atoms with Gasteiger partial charge in [-0.25, -0.2) is 0 Å². The Hall–Kier alpha value is -2.54. The predicted octanol–water partition coefficient (Wildman–Crippen LogP) is 2.32. The Morgan fingerprint density at radius 1 is 1.27 bits per heavy atom. The minimum absolute atomic E-state index is 0.0360. The van der Waals surface area contributed by atoms with Crippen molar-refractivity contribution in [1.82, 2.24) is 14.7 Å². The van der Waals surface area contributed by atoms with Gasteiger partial charge in [-0.05, 0) is 42.7 Å². The molecule has 1 atom stereocenters. The van der Waals surface area contributed by atoms with Gasteiger partial charge in [-0.3, -0.25) is 14.4 Å². The Balaban J connectivity index is 1.96. The molecule has 7 heteroatoms. The molecule has 2 heterocycles. The highest BCUT2D eigenvalue weighted by Gasteiger charge is 2.31. The van der Waals surface area contributed by atoms with Gasteiger partial charge in [0.1, 0.15) is 0 Å². The zero-order chi connectivity index (χ0) is 18.8. The number of nitrogens with zero attached hydrogens (tertiary/aromatic N) is 3. The maximum Gasteiger partial charge on any atom is 0.305 e. The van der Waals surface area contributed by atoms with Gasteiger partial charge >= 0.3 is 5.97 Å². The van der Waals surface area contributed by atoms with Crippen molar-refractivity contribution in [2.75, 3.05) is 20.8 Å². The highest BCUT2D eigenvalue weighted by molar-refractivity contribution is 5.68. The Morgan fingerprint density at radius 2 is 1.96 bits per heavy atom. The molecule has 1 N–H and O–H groups in total. The molecule has 0 aliphatic carbocycles. The van der Waals surface area contributed by atoms with Gasteiger partial charge in [0.05, 0.1) is 26.3 Å². The fourth-order valence-electron chi connectivity index (χ4n) is 3.59. The number of ether oxygens (including phenoxy) is 2. The Bertz CT molecular complexity index is 796. The quantitative estimate of drug-likeness (QED) is 0.853. The van der Waals surface area contributed by atoms with E-state index in [0.29, 0.717) is 18.0 Å². The van der Waals surface area contributed by atoms with Crippen molar-refractivity contribution >= 4 is 5.97 Å². The standard InChI is InChI=1S/C19H25N3O4/c1-12-7-14(20-21(12)2)11-22-6-5-13-8-17(25-3)18(26-4)9-15(13)16(22)10-19(23)24/h7-9,16H,5-6,10-11H2,1-4H3,(H,23,24). The second kappa shape index (κ2) is 7.37. The third-order valence-electron chi connectivity index (χ3n) is 5.01. The second-order valence-corrected chi connectivity index (χ2v) is 6.64. The van der Waals surface area contributed by atoms with Gasteiger partial charge in [-0.15, -0.1) is 0 Å². The molecule has 26 heavy (non-hydrogen) atoms. The van der Waals surface area contributed by atoms with Crippen LogP contribution in [0.1, 0.15) is 35.0 Å². The van der Waals surface area contributed by atoms with Crippen molar-refractivity contribution in [1.29, 1.82) is 0 Å². The summed E-state index contributed by atoms with van der Waals surface area (Å²) in [5, 5.41) is 14.0. The van der Waals surface area contributed by atoms with Gasteiger partial charge in [0.15, 0.2) is 11.5 Å². The molecule has 0 fully saturated rings. The molecule has 0 radical (unpaired) electrons. The number of rotatable bonds is 6. The van der Waals surface area contributed by atoms with Crippen LogP contribution in [0, 0.1) is 6.92 Å². The Kier molecular flexibility index (Phi) is 5.18. The summed E-state index contributed by atoms with van der Waals surface area (Å²) in [6.45, 7) is 3.40. The lowest BCUT2D eigenvalue weighted by atomic mass is 9.90. The minimum Gasteiger partial charge on any atom is -0.493 e. The maximum absolute atomic E-state index is 11.5. The van der Waals surface area contributed by atoms with Crippen LogP contribution in [0.3, 0.4) is 0 Å². The highest BCUT2D eigenvalue weighted by Crippen LogP contribution is 2.39. The van der Waals surface area contributed by atoms with Crippen LogP contribution >= 0.6 is 0 Å². The average Bonchev–Trinajstić information content (AvgIpc) is 2.92. The lowest BCUT2D eigenvalue weighted by Crippen LogP contribution is -2.36. The van der Waals surface area contributed by atoms with Gasteiger partial charge in [-0.1, -0.05) is 0 Å². The van der Waals surface area contributed by atoms with Crippen LogP contribution in [0.5, 0.6) is 11.5 Å². The third-order valence-corrected chi connectivity index (χ3v) is 5.01. The molecule has 0 saturated carbocycles. The molecule has 0 bridgehead atoms. The number of aliphatic carboxylic acids is 1. The van der Waals surface area contributed by atoms with E-state index in [1.807, 2.05) is 36.9 Å². The van der Waals surface area contributed by atoms with Crippen molar-refractivity contribution in [3.05, 3.63) is 40.7 Å². The van der Waals surface area contributed by atoms with E-state index >= 15 is 0 Å². The zero-order valence-corrected chi connectivity index (χ0v) is 15.7. The van der Waals surface area contributed by atoms with Gasteiger partial charge in [-0.2, -0.15) is 5.10 Å². The zero-order valence-electron chi connectivity index (χ0n) is 15.7. The van der Waals surface area contributed by atoms with Crippen molar-refractivity contribution in [2.45, 2.75) is 32.4 Å². The number of carboxylic acid groups (broad SMARTS) is 1. The smallest absolute Gasteiger partial charge is 0.305 e. The van der Waals surface area contributed by atoms with Gasteiger partial charge in [0.25, 0.3) is 0 Å². The van der Waals surface area contributed by atoms with Crippen molar-refractivity contribution in [3.63, 3.8) is 0 Å². The van der Waals surface area contributed by atoms with E-state index in [-0.39, 0.29) is 12.5 Å². The molecule has 140 valence electrons. The summed E-state index contributed by atoms with van der Waals surface area (Å²) in [4.78, 5) is 13.7. The number of hydrogen-bond donors (Lipinski definition) is 1. The number of aromatic nitrogens is 2. The molecular formula is C19H25N3O4. The van der Waals surface area contributed by atoms with E-state index in [1.54, 1.807) is 14.2 Å². The number of benzene rings is 1. The maximum atomic E-state index is 11.5. The number of methoxy groups -OCH3 is 2. The predicted molar refractivity (Wildman–Crippen MR) is 96.6 cm³/mol. The number of fused-ring (bicyclic) bond motifs is 1. The summed E-state index contributed by atoms with van der Waals surface area (Å²) in [5.74, 6) is 0.478. The van der Waals surface area contributed by atoms with Crippen molar-refractivity contribution < 1.29 is 19.4 Å². The highest BCUT2D eigenvalue weighted by atomic mass is 16.5. The largest absolute Gasteiger partial charge is 0.493 e. The first-order valence-corrected chi connectivity index (χ1v) is 8.63. The summed E-state index contributed by atoms with van der Waals surface area (Å²) in [7, 11) is 5.11. The monoisotopic (exact) mass is 359 g/mol. The molecule has 1 aromatic heterocycles. The van der Waals surface area contributed by atoms with Crippen LogP contribution in [0.15, 0.2) is 18.2 Å². The molecule has 0 saturated heterocycles.